The van der Waals surface area contributed by atoms with Crippen LogP contribution < -0.4 is 5.73 Å². The zero-order chi connectivity index (χ0) is 17.1. The first-order chi connectivity index (χ1) is 11.7. The molecule has 0 bridgehead atoms. The minimum absolute atomic E-state index is 0.305. The second-order valence-electron chi connectivity index (χ2n) is 5.63. The monoisotopic (exact) mass is 361 g/mol. The van der Waals surface area contributed by atoms with Gasteiger partial charge >= 0.3 is 5.97 Å². The van der Waals surface area contributed by atoms with Gasteiger partial charge < -0.3 is 10.5 Å². The summed E-state index contributed by atoms with van der Waals surface area (Å²) in [7, 11) is 0. The maximum atomic E-state index is 12.2. The molecular formula is C17H19N3O2S2. The molecule has 0 aromatic carbocycles. The number of anilines is 1. The molecule has 7 heteroatoms. The summed E-state index contributed by atoms with van der Waals surface area (Å²) < 4.78 is 5.14. The third-order valence-corrected chi connectivity index (χ3v) is 6.22. The van der Waals surface area contributed by atoms with E-state index in [0.29, 0.717) is 40.2 Å². The lowest BCUT2D eigenvalue weighted by Crippen LogP contribution is -2.23. The Morgan fingerprint density at radius 1 is 1.58 bits per heavy atom. The summed E-state index contributed by atoms with van der Waals surface area (Å²) in [6.45, 7) is 3.57. The molecule has 3 rings (SSSR count). The normalized spacial score (nSPS) is 17.8. The van der Waals surface area contributed by atoms with Gasteiger partial charge in [-0.2, -0.15) is 5.26 Å². The van der Waals surface area contributed by atoms with Crippen molar-refractivity contribution in [3.63, 3.8) is 0 Å². The fraction of sp³-hybridized carbons (Fsp3) is 0.412. The van der Waals surface area contributed by atoms with E-state index in [1.54, 1.807) is 18.3 Å². The first-order valence-electron chi connectivity index (χ1n) is 7.91. The van der Waals surface area contributed by atoms with Crippen molar-refractivity contribution in [3.8, 4) is 6.07 Å². The lowest BCUT2D eigenvalue weighted by atomic mass is 10.1. The molecule has 1 aliphatic rings. The number of likely N-dealkylation sites (tertiary alicyclic amines) is 1. The number of nitrogens with zero attached hydrogens (tertiary/aromatic N) is 2. The molecule has 126 valence electrons. The predicted molar refractivity (Wildman–Crippen MR) is 96.1 cm³/mol. The summed E-state index contributed by atoms with van der Waals surface area (Å²) in [5.74, 6) is -0.391. The average molecular weight is 361 g/mol. The second-order valence-corrected chi connectivity index (χ2v) is 7.66. The van der Waals surface area contributed by atoms with E-state index in [9.17, 15) is 10.1 Å². The lowest BCUT2D eigenvalue weighted by Gasteiger charge is -2.23. The van der Waals surface area contributed by atoms with Crippen molar-refractivity contribution in [3.05, 3.63) is 38.4 Å². The Kier molecular flexibility index (Phi) is 5.19. The number of hydrogen-bond donors (Lipinski definition) is 1. The fourth-order valence-corrected chi connectivity index (χ4v) is 4.96. The molecule has 1 fully saturated rings. The van der Waals surface area contributed by atoms with E-state index < -0.39 is 5.97 Å². The number of carbonyl (C=O) groups is 1. The number of nitrogen functional groups attached to an aromatic ring is 1. The molecule has 3 heterocycles. The smallest absolute Gasteiger partial charge is 0.348 e. The Bertz CT molecular complexity index is 762. The van der Waals surface area contributed by atoms with E-state index in [0.717, 1.165) is 30.7 Å². The zero-order valence-corrected chi connectivity index (χ0v) is 15.1. The van der Waals surface area contributed by atoms with E-state index in [-0.39, 0.29) is 0 Å². The number of nitriles is 1. The molecule has 24 heavy (non-hydrogen) atoms. The molecule has 0 saturated carbocycles. The number of thiophene rings is 2. The van der Waals surface area contributed by atoms with Crippen molar-refractivity contribution in [2.45, 2.75) is 32.4 Å². The molecule has 0 aliphatic carbocycles. The fourth-order valence-electron chi connectivity index (χ4n) is 3.14. The number of nitrogens with two attached hydrogens (primary N) is 1. The summed E-state index contributed by atoms with van der Waals surface area (Å²) in [4.78, 5) is 16.4. The van der Waals surface area contributed by atoms with Crippen LogP contribution in [0.15, 0.2) is 17.5 Å². The summed E-state index contributed by atoms with van der Waals surface area (Å²) >= 11 is 2.90. The van der Waals surface area contributed by atoms with Gasteiger partial charge in [-0.3, -0.25) is 4.90 Å². The summed E-state index contributed by atoms with van der Waals surface area (Å²) in [6, 6.07) is 6.70. The van der Waals surface area contributed by atoms with Crippen molar-refractivity contribution < 1.29 is 9.53 Å². The highest BCUT2D eigenvalue weighted by Gasteiger charge is 2.30. The van der Waals surface area contributed by atoms with Crippen LogP contribution in [0, 0.1) is 11.3 Å². The van der Waals surface area contributed by atoms with Crippen LogP contribution in [0.5, 0.6) is 0 Å². The highest BCUT2D eigenvalue weighted by atomic mass is 32.1. The first-order valence-corrected chi connectivity index (χ1v) is 9.61. The van der Waals surface area contributed by atoms with Crippen LogP contribution in [0.4, 0.5) is 5.00 Å². The quantitative estimate of drug-likeness (QED) is 0.820. The summed E-state index contributed by atoms with van der Waals surface area (Å²) in [5, 5.41) is 11.9. The predicted octanol–water partition coefficient (Wildman–Crippen LogP) is 3.78. The SMILES string of the molecule is CCOC(=O)c1sc(N)c(C#N)c1CN1CCC[C@H]1c1cccs1. The first kappa shape index (κ1) is 17.0. The maximum absolute atomic E-state index is 12.2. The highest BCUT2D eigenvalue weighted by molar-refractivity contribution is 7.18. The molecule has 1 atom stereocenters. The molecule has 1 saturated heterocycles. The number of carbonyl (C=O) groups excluding carboxylic acids is 1. The average Bonchev–Trinajstić information content (AvgIpc) is 3.28. The second kappa shape index (κ2) is 7.34. The van der Waals surface area contributed by atoms with E-state index in [2.05, 4.69) is 28.5 Å². The highest BCUT2D eigenvalue weighted by Crippen LogP contribution is 2.38. The van der Waals surface area contributed by atoms with E-state index in [1.165, 1.54) is 4.88 Å². The molecule has 0 unspecified atom stereocenters. The van der Waals surface area contributed by atoms with E-state index >= 15 is 0 Å². The number of esters is 1. The Morgan fingerprint density at radius 2 is 2.42 bits per heavy atom. The Morgan fingerprint density at radius 3 is 3.08 bits per heavy atom. The minimum atomic E-state index is -0.391. The zero-order valence-electron chi connectivity index (χ0n) is 13.4. The topological polar surface area (TPSA) is 79.3 Å². The van der Waals surface area contributed by atoms with Gasteiger partial charge in [0, 0.05) is 23.0 Å². The van der Waals surface area contributed by atoms with Crippen molar-refractivity contribution >= 4 is 33.6 Å². The van der Waals surface area contributed by atoms with Crippen LogP contribution in [-0.2, 0) is 11.3 Å². The Hall–Kier alpha value is -1.88. The van der Waals surface area contributed by atoms with Gasteiger partial charge in [0.25, 0.3) is 0 Å². The third kappa shape index (κ3) is 3.18. The minimum Gasteiger partial charge on any atom is -0.462 e. The molecule has 5 nitrogen and oxygen atoms in total. The van der Waals surface area contributed by atoms with E-state index in [1.807, 2.05) is 0 Å². The molecular weight excluding hydrogens is 342 g/mol. The summed E-state index contributed by atoms with van der Waals surface area (Å²) in [6.07, 6.45) is 2.20. The summed E-state index contributed by atoms with van der Waals surface area (Å²) in [5.41, 5.74) is 7.09. The van der Waals surface area contributed by atoms with E-state index in [4.69, 9.17) is 10.5 Å². The maximum Gasteiger partial charge on any atom is 0.348 e. The standard InChI is InChI=1S/C17H19N3O2S2/c1-2-22-17(21)15-12(11(9-18)16(19)24-15)10-20-7-3-5-13(20)14-6-4-8-23-14/h4,6,8,13H,2-3,5,7,10,19H2,1H3/t13-/m0/s1. The van der Waals surface area contributed by atoms with Gasteiger partial charge in [0.2, 0.25) is 0 Å². The molecule has 2 aromatic rings. The van der Waals surface area contributed by atoms with Crippen LogP contribution in [0.1, 0.15) is 51.5 Å². The molecule has 1 aliphatic heterocycles. The molecule has 2 aromatic heterocycles. The molecule has 0 amide bonds. The van der Waals surface area contributed by atoms with Crippen molar-refractivity contribution in [1.82, 2.24) is 4.90 Å². The van der Waals surface area contributed by atoms with Crippen molar-refractivity contribution in [2.75, 3.05) is 18.9 Å². The molecule has 0 spiro atoms. The Balaban J connectivity index is 1.91. The van der Waals surface area contributed by atoms with Gasteiger partial charge in [-0.1, -0.05) is 6.07 Å². The van der Waals surface area contributed by atoms with Gasteiger partial charge in [-0.25, -0.2) is 4.79 Å². The number of rotatable bonds is 5. The lowest BCUT2D eigenvalue weighted by molar-refractivity contribution is 0.0529. The van der Waals surface area contributed by atoms with Crippen LogP contribution in [0.2, 0.25) is 0 Å². The molecule has 0 radical (unpaired) electrons. The van der Waals surface area contributed by atoms with Crippen molar-refractivity contribution in [1.29, 1.82) is 5.26 Å². The van der Waals surface area contributed by atoms with Gasteiger partial charge in [0.05, 0.1) is 12.2 Å². The van der Waals surface area contributed by atoms with Crippen LogP contribution in [-0.4, -0.2) is 24.0 Å². The van der Waals surface area contributed by atoms with Gasteiger partial charge in [0.1, 0.15) is 15.9 Å². The number of ether oxygens (including phenoxy) is 1. The van der Waals surface area contributed by atoms with Crippen molar-refractivity contribution in [2.24, 2.45) is 0 Å². The Labute approximate surface area is 149 Å². The third-order valence-electron chi connectivity index (χ3n) is 4.20. The van der Waals surface area contributed by atoms with Gasteiger partial charge in [-0.05, 0) is 37.8 Å². The van der Waals surface area contributed by atoms with Gasteiger partial charge in [0.15, 0.2) is 0 Å². The van der Waals surface area contributed by atoms with Crippen LogP contribution >= 0.6 is 22.7 Å². The largest absolute Gasteiger partial charge is 0.462 e. The number of hydrogen-bond acceptors (Lipinski definition) is 7. The van der Waals surface area contributed by atoms with Gasteiger partial charge in [-0.15, -0.1) is 22.7 Å². The van der Waals surface area contributed by atoms with Crippen LogP contribution in [0.3, 0.4) is 0 Å². The molecule has 2 N–H and O–H groups in total. The van der Waals surface area contributed by atoms with Crippen LogP contribution in [0.25, 0.3) is 0 Å².